The van der Waals surface area contributed by atoms with Gasteiger partial charge >= 0.3 is 5.97 Å². The number of hydrogen-bond donors (Lipinski definition) is 1. The first-order valence-electron chi connectivity index (χ1n) is 5.90. The predicted molar refractivity (Wildman–Crippen MR) is 69.0 cm³/mol. The lowest BCUT2D eigenvalue weighted by Crippen LogP contribution is -2.08. The summed E-state index contributed by atoms with van der Waals surface area (Å²) in [6, 6.07) is 3.95. The van der Waals surface area contributed by atoms with Crippen molar-refractivity contribution in [3.63, 3.8) is 0 Å². The Morgan fingerprint density at radius 2 is 2.39 bits per heavy atom. The van der Waals surface area contributed by atoms with Gasteiger partial charge in [0.1, 0.15) is 0 Å². The molecule has 0 unspecified atom stereocenters. The van der Waals surface area contributed by atoms with E-state index in [1.807, 2.05) is 17.5 Å². The zero-order chi connectivity index (χ0) is 13.0. The SMILES string of the molecule is CCCCn1nnc(C(=O)O)c1Cc1cccs1. The summed E-state index contributed by atoms with van der Waals surface area (Å²) >= 11 is 1.61. The standard InChI is InChI=1S/C12H15N3O2S/c1-2-3-6-15-10(8-9-5-4-7-18-9)11(12(16)17)13-14-15/h4-5,7H,2-3,6,8H2,1H3,(H,16,17). The number of aryl methyl sites for hydroxylation is 1. The molecule has 0 atom stereocenters. The highest BCUT2D eigenvalue weighted by atomic mass is 32.1. The zero-order valence-electron chi connectivity index (χ0n) is 10.2. The zero-order valence-corrected chi connectivity index (χ0v) is 11.0. The van der Waals surface area contributed by atoms with Gasteiger partial charge in [0, 0.05) is 17.8 Å². The van der Waals surface area contributed by atoms with Crippen LogP contribution in [-0.2, 0) is 13.0 Å². The Balaban J connectivity index is 2.28. The summed E-state index contributed by atoms with van der Waals surface area (Å²) in [5.41, 5.74) is 0.762. The van der Waals surface area contributed by atoms with Crippen LogP contribution in [0.1, 0.15) is 40.8 Å². The van der Waals surface area contributed by atoms with Crippen molar-refractivity contribution in [2.45, 2.75) is 32.7 Å². The van der Waals surface area contributed by atoms with Gasteiger partial charge in [0.15, 0.2) is 5.69 Å². The highest BCUT2D eigenvalue weighted by molar-refractivity contribution is 7.09. The van der Waals surface area contributed by atoms with Crippen molar-refractivity contribution in [2.75, 3.05) is 0 Å². The number of aromatic carboxylic acids is 1. The molecular formula is C12H15N3O2S. The van der Waals surface area contributed by atoms with E-state index in [1.54, 1.807) is 16.0 Å². The summed E-state index contributed by atoms with van der Waals surface area (Å²) in [6.07, 6.45) is 2.59. The normalized spacial score (nSPS) is 10.7. The monoisotopic (exact) mass is 265 g/mol. The van der Waals surface area contributed by atoms with Crippen molar-refractivity contribution in [1.29, 1.82) is 0 Å². The van der Waals surface area contributed by atoms with E-state index in [0.717, 1.165) is 24.3 Å². The van der Waals surface area contributed by atoms with Gasteiger partial charge in [-0.15, -0.1) is 16.4 Å². The van der Waals surface area contributed by atoms with Gasteiger partial charge in [0.25, 0.3) is 0 Å². The number of thiophene rings is 1. The third kappa shape index (κ3) is 2.76. The molecular weight excluding hydrogens is 250 g/mol. The molecule has 0 saturated carbocycles. The van der Waals surface area contributed by atoms with Crippen molar-refractivity contribution in [3.05, 3.63) is 33.8 Å². The molecule has 0 radical (unpaired) electrons. The Bertz CT molecular complexity index is 519. The minimum Gasteiger partial charge on any atom is -0.476 e. The molecule has 1 N–H and O–H groups in total. The molecule has 96 valence electrons. The van der Waals surface area contributed by atoms with Gasteiger partial charge in [0.05, 0.1) is 5.69 Å². The van der Waals surface area contributed by atoms with Gasteiger partial charge in [-0.05, 0) is 17.9 Å². The Labute approximate surface area is 109 Å². The molecule has 0 aliphatic heterocycles. The van der Waals surface area contributed by atoms with E-state index in [4.69, 9.17) is 5.11 Å². The van der Waals surface area contributed by atoms with E-state index in [0.29, 0.717) is 12.1 Å². The van der Waals surface area contributed by atoms with Crippen LogP contribution < -0.4 is 0 Å². The number of aromatic nitrogens is 3. The van der Waals surface area contributed by atoms with Crippen molar-refractivity contribution in [3.8, 4) is 0 Å². The molecule has 6 heteroatoms. The summed E-state index contributed by atoms with van der Waals surface area (Å²) in [6.45, 7) is 2.81. The van der Waals surface area contributed by atoms with Crippen LogP contribution in [0.2, 0.25) is 0 Å². The second-order valence-corrected chi connectivity index (χ2v) is 5.05. The van der Waals surface area contributed by atoms with Crippen LogP contribution in [-0.4, -0.2) is 26.1 Å². The van der Waals surface area contributed by atoms with Crippen molar-refractivity contribution < 1.29 is 9.90 Å². The second kappa shape index (κ2) is 5.77. The van der Waals surface area contributed by atoms with E-state index in [2.05, 4.69) is 17.2 Å². The van der Waals surface area contributed by atoms with E-state index in [-0.39, 0.29) is 5.69 Å². The van der Waals surface area contributed by atoms with Gasteiger partial charge < -0.3 is 5.11 Å². The summed E-state index contributed by atoms with van der Waals surface area (Å²) in [5, 5.41) is 18.8. The fraction of sp³-hybridized carbons (Fsp3) is 0.417. The van der Waals surface area contributed by atoms with Crippen molar-refractivity contribution >= 4 is 17.3 Å². The molecule has 2 rings (SSSR count). The summed E-state index contributed by atoms with van der Waals surface area (Å²) in [5.74, 6) is -1.01. The number of rotatable bonds is 6. The van der Waals surface area contributed by atoms with E-state index < -0.39 is 5.97 Å². The maximum Gasteiger partial charge on any atom is 0.358 e. The van der Waals surface area contributed by atoms with Crippen LogP contribution in [0.15, 0.2) is 17.5 Å². The topological polar surface area (TPSA) is 68.0 Å². The van der Waals surface area contributed by atoms with Crippen molar-refractivity contribution in [1.82, 2.24) is 15.0 Å². The maximum atomic E-state index is 11.1. The fourth-order valence-corrected chi connectivity index (χ4v) is 2.45. The first kappa shape index (κ1) is 12.8. The molecule has 2 aromatic heterocycles. The highest BCUT2D eigenvalue weighted by Crippen LogP contribution is 2.17. The molecule has 0 aliphatic rings. The van der Waals surface area contributed by atoms with Gasteiger partial charge in [-0.25, -0.2) is 9.48 Å². The van der Waals surface area contributed by atoms with Gasteiger partial charge in [-0.1, -0.05) is 24.6 Å². The van der Waals surface area contributed by atoms with Gasteiger partial charge in [0.2, 0.25) is 0 Å². The number of carboxylic acid groups (broad SMARTS) is 1. The first-order chi connectivity index (χ1) is 8.72. The Morgan fingerprint density at radius 1 is 1.56 bits per heavy atom. The number of unbranched alkanes of at least 4 members (excludes halogenated alkanes) is 1. The lowest BCUT2D eigenvalue weighted by molar-refractivity contribution is 0.0689. The predicted octanol–water partition coefficient (Wildman–Crippen LogP) is 2.43. The molecule has 0 aromatic carbocycles. The number of carbonyl (C=O) groups is 1. The first-order valence-corrected chi connectivity index (χ1v) is 6.78. The maximum absolute atomic E-state index is 11.1. The minimum absolute atomic E-state index is 0.0690. The molecule has 2 heterocycles. The molecule has 0 amide bonds. The number of hydrogen-bond acceptors (Lipinski definition) is 4. The van der Waals surface area contributed by atoms with E-state index in [9.17, 15) is 4.79 Å². The fourth-order valence-electron chi connectivity index (χ4n) is 1.74. The molecule has 0 aliphatic carbocycles. The van der Waals surface area contributed by atoms with E-state index in [1.165, 1.54) is 0 Å². The molecule has 0 bridgehead atoms. The summed E-state index contributed by atoms with van der Waals surface area (Å²) in [7, 11) is 0. The third-order valence-corrected chi connectivity index (χ3v) is 3.56. The molecule has 0 fully saturated rings. The van der Waals surface area contributed by atoms with Crippen LogP contribution >= 0.6 is 11.3 Å². The molecule has 0 saturated heterocycles. The van der Waals surface area contributed by atoms with Crippen molar-refractivity contribution in [2.24, 2.45) is 0 Å². The largest absolute Gasteiger partial charge is 0.476 e. The summed E-state index contributed by atoms with van der Waals surface area (Å²) in [4.78, 5) is 12.2. The highest BCUT2D eigenvalue weighted by Gasteiger charge is 2.19. The second-order valence-electron chi connectivity index (χ2n) is 4.02. The Kier molecular flexibility index (Phi) is 4.09. The molecule has 0 spiro atoms. The lowest BCUT2D eigenvalue weighted by atomic mass is 10.2. The van der Waals surface area contributed by atoms with Crippen LogP contribution in [0.3, 0.4) is 0 Å². The van der Waals surface area contributed by atoms with Crippen LogP contribution in [0.4, 0.5) is 0 Å². The average molecular weight is 265 g/mol. The van der Waals surface area contributed by atoms with Crippen LogP contribution in [0.25, 0.3) is 0 Å². The smallest absolute Gasteiger partial charge is 0.358 e. The lowest BCUT2D eigenvalue weighted by Gasteiger charge is -2.05. The van der Waals surface area contributed by atoms with Crippen LogP contribution in [0, 0.1) is 0 Å². The Hall–Kier alpha value is -1.69. The molecule has 18 heavy (non-hydrogen) atoms. The van der Waals surface area contributed by atoms with Gasteiger partial charge in [-0.3, -0.25) is 0 Å². The Morgan fingerprint density at radius 3 is 3.00 bits per heavy atom. The molecule has 2 aromatic rings. The molecule has 5 nitrogen and oxygen atoms in total. The minimum atomic E-state index is -1.01. The quantitative estimate of drug-likeness (QED) is 0.871. The average Bonchev–Trinajstić information content (AvgIpc) is 2.97. The number of nitrogens with zero attached hydrogens (tertiary/aromatic N) is 3. The third-order valence-electron chi connectivity index (χ3n) is 2.69. The summed E-state index contributed by atoms with van der Waals surface area (Å²) < 4.78 is 1.71. The number of carboxylic acids is 1. The van der Waals surface area contributed by atoms with Crippen LogP contribution in [0.5, 0.6) is 0 Å². The van der Waals surface area contributed by atoms with Gasteiger partial charge in [-0.2, -0.15) is 0 Å². The van der Waals surface area contributed by atoms with E-state index >= 15 is 0 Å².